The zero-order valence-corrected chi connectivity index (χ0v) is 13.1. The standard InChI is InChI=1S/C17H25NO3/c1-12(2)14-5-4-6-16(9-14)21-11-17(20)18(3)10-13-7-15(19)8-13/h4-6,9,12-13,15,19H,7-8,10-11H2,1-3H3. The van der Waals surface area contributed by atoms with Crippen molar-refractivity contribution in [2.45, 2.75) is 38.7 Å². The number of hydrogen-bond donors (Lipinski definition) is 1. The second kappa shape index (κ2) is 6.94. The Hall–Kier alpha value is -1.55. The molecule has 1 aliphatic carbocycles. The van der Waals surface area contributed by atoms with Crippen LogP contribution in [0.1, 0.15) is 38.2 Å². The van der Waals surface area contributed by atoms with Crippen molar-refractivity contribution >= 4 is 5.91 Å². The molecule has 4 nitrogen and oxygen atoms in total. The summed E-state index contributed by atoms with van der Waals surface area (Å²) in [5.74, 6) is 1.59. The van der Waals surface area contributed by atoms with E-state index in [1.807, 2.05) is 18.2 Å². The van der Waals surface area contributed by atoms with Crippen LogP contribution in [0.15, 0.2) is 24.3 Å². The van der Waals surface area contributed by atoms with Crippen LogP contribution in [0.5, 0.6) is 5.75 Å². The Labute approximate surface area is 126 Å². The van der Waals surface area contributed by atoms with Crippen molar-refractivity contribution in [3.63, 3.8) is 0 Å². The van der Waals surface area contributed by atoms with E-state index < -0.39 is 0 Å². The number of rotatable bonds is 6. The third-order valence-electron chi connectivity index (χ3n) is 4.06. The first kappa shape index (κ1) is 15.8. The average Bonchev–Trinajstić information content (AvgIpc) is 2.43. The fraction of sp³-hybridized carbons (Fsp3) is 0.588. The summed E-state index contributed by atoms with van der Waals surface area (Å²) < 4.78 is 5.59. The van der Waals surface area contributed by atoms with E-state index in [0.717, 1.165) is 18.6 Å². The molecule has 0 saturated heterocycles. The van der Waals surface area contributed by atoms with Crippen molar-refractivity contribution < 1.29 is 14.6 Å². The summed E-state index contributed by atoms with van der Waals surface area (Å²) >= 11 is 0. The molecule has 0 aliphatic heterocycles. The first-order chi connectivity index (χ1) is 9.95. The van der Waals surface area contributed by atoms with Crippen LogP contribution in [0.25, 0.3) is 0 Å². The molecule has 1 aromatic rings. The Morgan fingerprint density at radius 2 is 2.14 bits per heavy atom. The largest absolute Gasteiger partial charge is 0.484 e. The monoisotopic (exact) mass is 291 g/mol. The molecule has 0 atom stereocenters. The molecule has 0 spiro atoms. The average molecular weight is 291 g/mol. The van der Waals surface area contributed by atoms with E-state index in [1.54, 1.807) is 11.9 Å². The predicted molar refractivity (Wildman–Crippen MR) is 82.4 cm³/mol. The maximum atomic E-state index is 12.0. The van der Waals surface area contributed by atoms with Crippen LogP contribution < -0.4 is 4.74 Å². The lowest BCUT2D eigenvalue weighted by Gasteiger charge is -2.34. The van der Waals surface area contributed by atoms with E-state index in [1.165, 1.54) is 5.56 Å². The van der Waals surface area contributed by atoms with Gasteiger partial charge in [0, 0.05) is 13.6 Å². The smallest absolute Gasteiger partial charge is 0.260 e. The van der Waals surface area contributed by atoms with E-state index in [0.29, 0.717) is 18.4 Å². The number of carbonyl (C=O) groups is 1. The first-order valence-electron chi connectivity index (χ1n) is 7.60. The molecule has 116 valence electrons. The SMILES string of the molecule is CC(C)c1cccc(OCC(=O)N(C)CC2CC(O)C2)c1. The topological polar surface area (TPSA) is 49.8 Å². The Morgan fingerprint density at radius 3 is 2.76 bits per heavy atom. The maximum Gasteiger partial charge on any atom is 0.260 e. The van der Waals surface area contributed by atoms with Crippen molar-refractivity contribution in [1.82, 2.24) is 4.90 Å². The van der Waals surface area contributed by atoms with Crippen LogP contribution in [-0.4, -0.2) is 42.2 Å². The molecular weight excluding hydrogens is 266 g/mol. The molecule has 0 heterocycles. The second-order valence-electron chi connectivity index (χ2n) is 6.28. The molecular formula is C17H25NO3. The minimum atomic E-state index is -0.173. The zero-order chi connectivity index (χ0) is 15.4. The highest BCUT2D eigenvalue weighted by molar-refractivity contribution is 5.77. The Morgan fingerprint density at radius 1 is 1.43 bits per heavy atom. The minimum absolute atomic E-state index is 0.0219. The van der Waals surface area contributed by atoms with Crippen molar-refractivity contribution in [1.29, 1.82) is 0 Å². The number of hydrogen-bond acceptors (Lipinski definition) is 3. The lowest BCUT2D eigenvalue weighted by atomic mass is 9.82. The highest BCUT2D eigenvalue weighted by Crippen LogP contribution is 2.27. The molecule has 0 bridgehead atoms. The number of benzene rings is 1. The molecule has 1 fully saturated rings. The van der Waals surface area contributed by atoms with Crippen molar-refractivity contribution in [3.8, 4) is 5.75 Å². The van der Waals surface area contributed by atoms with Crippen LogP contribution in [0.4, 0.5) is 0 Å². The molecule has 0 aromatic heterocycles. The van der Waals surface area contributed by atoms with E-state index in [4.69, 9.17) is 4.74 Å². The molecule has 1 amide bonds. The van der Waals surface area contributed by atoms with Gasteiger partial charge in [0.25, 0.3) is 5.91 Å². The predicted octanol–water partition coefficient (Wildman–Crippen LogP) is 2.42. The maximum absolute atomic E-state index is 12.0. The van der Waals surface area contributed by atoms with Gasteiger partial charge in [0.05, 0.1) is 6.10 Å². The lowest BCUT2D eigenvalue weighted by Crippen LogP contribution is -2.41. The number of amides is 1. The Bertz CT molecular complexity index is 481. The molecule has 4 heteroatoms. The van der Waals surface area contributed by atoms with Crippen LogP contribution in [0.3, 0.4) is 0 Å². The van der Waals surface area contributed by atoms with Crippen molar-refractivity contribution in [3.05, 3.63) is 29.8 Å². The van der Waals surface area contributed by atoms with Crippen LogP contribution in [-0.2, 0) is 4.79 Å². The van der Waals surface area contributed by atoms with Crippen molar-refractivity contribution in [2.75, 3.05) is 20.2 Å². The van der Waals surface area contributed by atoms with Gasteiger partial charge in [-0.1, -0.05) is 26.0 Å². The quantitative estimate of drug-likeness (QED) is 0.875. The van der Waals surface area contributed by atoms with Crippen LogP contribution in [0, 0.1) is 5.92 Å². The molecule has 2 rings (SSSR count). The second-order valence-corrected chi connectivity index (χ2v) is 6.28. The number of likely N-dealkylation sites (N-methyl/N-ethyl adjacent to an activating group) is 1. The van der Waals surface area contributed by atoms with E-state index >= 15 is 0 Å². The summed E-state index contributed by atoms with van der Waals surface area (Å²) in [6, 6.07) is 7.88. The van der Waals surface area contributed by atoms with E-state index in [2.05, 4.69) is 19.9 Å². The molecule has 0 radical (unpaired) electrons. The third-order valence-corrected chi connectivity index (χ3v) is 4.06. The molecule has 1 saturated carbocycles. The van der Waals surface area contributed by atoms with Crippen LogP contribution in [0.2, 0.25) is 0 Å². The summed E-state index contributed by atoms with van der Waals surface area (Å²) in [5.41, 5.74) is 1.21. The lowest BCUT2D eigenvalue weighted by molar-refractivity contribution is -0.133. The number of aliphatic hydroxyl groups excluding tert-OH is 1. The van der Waals surface area contributed by atoms with Crippen LogP contribution >= 0.6 is 0 Å². The molecule has 21 heavy (non-hydrogen) atoms. The Balaban J connectivity index is 1.79. The van der Waals surface area contributed by atoms with Gasteiger partial charge in [-0.15, -0.1) is 0 Å². The van der Waals surface area contributed by atoms with Crippen molar-refractivity contribution in [2.24, 2.45) is 5.92 Å². The summed E-state index contributed by atoms with van der Waals surface area (Å²) in [4.78, 5) is 13.7. The number of ether oxygens (including phenoxy) is 1. The fourth-order valence-electron chi connectivity index (χ4n) is 2.56. The molecule has 0 unspecified atom stereocenters. The van der Waals surface area contributed by atoms with Gasteiger partial charge in [-0.05, 0) is 42.4 Å². The highest BCUT2D eigenvalue weighted by Gasteiger charge is 2.29. The summed E-state index contributed by atoms with van der Waals surface area (Å²) in [7, 11) is 1.79. The number of nitrogens with zero attached hydrogens (tertiary/aromatic N) is 1. The van der Waals surface area contributed by atoms with E-state index in [-0.39, 0.29) is 18.6 Å². The van der Waals surface area contributed by atoms with Gasteiger partial charge in [0.1, 0.15) is 5.75 Å². The normalized spacial score (nSPS) is 21.0. The van der Waals surface area contributed by atoms with Gasteiger partial charge in [0.15, 0.2) is 6.61 Å². The molecule has 1 aromatic carbocycles. The van der Waals surface area contributed by atoms with Gasteiger partial charge in [-0.2, -0.15) is 0 Å². The number of carbonyl (C=O) groups excluding carboxylic acids is 1. The third kappa shape index (κ3) is 4.46. The molecule has 1 aliphatic rings. The van der Waals surface area contributed by atoms with E-state index in [9.17, 15) is 9.90 Å². The summed E-state index contributed by atoms with van der Waals surface area (Å²) in [5, 5.41) is 9.26. The van der Waals surface area contributed by atoms with Gasteiger partial charge >= 0.3 is 0 Å². The van der Waals surface area contributed by atoms with Gasteiger partial charge in [-0.3, -0.25) is 4.79 Å². The summed E-state index contributed by atoms with van der Waals surface area (Å²) in [6.45, 7) is 5.02. The Kier molecular flexibility index (Phi) is 5.23. The van der Waals surface area contributed by atoms with Gasteiger partial charge in [-0.25, -0.2) is 0 Å². The minimum Gasteiger partial charge on any atom is -0.484 e. The fourth-order valence-corrected chi connectivity index (χ4v) is 2.56. The highest BCUT2D eigenvalue weighted by atomic mass is 16.5. The van der Waals surface area contributed by atoms with Gasteiger partial charge in [0.2, 0.25) is 0 Å². The number of aliphatic hydroxyl groups is 1. The van der Waals surface area contributed by atoms with Gasteiger partial charge < -0.3 is 14.7 Å². The first-order valence-corrected chi connectivity index (χ1v) is 7.60. The summed E-state index contributed by atoms with van der Waals surface area (Å²) in [6.07, 6.45) is 1.43. The molecule has 1 N–H and O–H groups in total. The zero-order valence-electron chi connectivity index (χ0n) is 13.1.